The lowest BCUT2D eigenvalue weighted by Crippen LogP contribution is -2.35. The number of halogens is 1. The molecule has 1 heterocycles. The summed E-state index contributed by atoms with van der Waals surface area (Å²) in [6, 6.07) is 18.3. The SMILES string of the molecule is COc1ccc(C(Nc2ccc(N(CCN(C)C)C(C)=O)cc2)=C2C(=O)Nc3cc(Cl)ccc32)cc1OC. The molecule has 38 heavy (non-hydrogen) atoms. The maximum absolute atomic E-state index is 13.2. The van der Waals surface area contributed by atoms with E-state index in [0.717, 1.165) is 29.0 Å². The van der Waals surface area contributed by atoms with Crippen LogP contribution in [0.3, 0.4) is 0 Å². The summed E-state index contributed by atoms with van der Waals surface area (Å²) < 4.78 is 10.9. The Labute approximate surface area is 227 Å². The lowest BCUT2D eigenvalue weighted by Gasteiger charge is -2.23. The molecule has 0 saturated heterocycles. The third-order valence-corrected chi connectivity index (χ3v) is 6.48. The van der Waals surface area contributed by atoms with Crippen LogP contribution in [-0.2, 0) is 9.59 Å². The van der Waals surface area contributed by atoms with Gasteiger partial charge in [0.1, 0.15) is 0 Å². The molecule has 8 nitrogen and oxygen atoms in total. The molecule has 0 saturated carbocycles. The van der Waals surface area contributed by atoms with E-state index in [0.29, 0.717) is 40.0 Å². The van der Waals surface area contributed by atoms with Crippen LogP contribution < -0.4 is 25.0 Å². The third kappa shape index (κ3) is 5.77. The van der Waals surface area contributed by atoms with E-state index in [1.54, 1.807) is 44.2 Å². The van der Waals surface area contributed by atoms with E-state index in [1.165, 1.54) is 0 Å². The van der Waals surface area contributed by atoms with Gasteiger partial charge in [-0.2, -0.15) is 0 Å². The highest BCUT2D eigenvalue weighted by Crippen LogP contribution is 2.40. The van der Waals surface area contributed by atoms with Gasteiger partial charge in [0.25, 0.3) is 5.91 Å². The summed E-state index contributed by atoms with van der Waals surface area (Å²) in [6.45, 7) is 2.88. The van der Waals surface area contributed by atoms with Crippen molar-refractivity contribution >= 4 is 51.7 Å². The van der Waals surface area contributed by atoms with Gasteiger partial charge < -0.3 is 29.9 Å². The Balaban J connectivity index is 1.77. The number of ether oxygens (including phenoxy) is 2. The van der Waals surface area contributed by atoms with Gasteiger partial charge in [-0.1, -0.05) is 17.7 Å². The number of likely N-dealkylation sites (N-methyl/N-ethyl adjacent to an activating group) is 1. The number of fused-ring (bicyclic) bond motifs is 1. The van der Waals surface area contributed by atoms with E-state index in [-0.39, 0.29) is 11.8 Å². The summed E-state index contributed by atoms with van der Waals surface area (Å²) >= 11 is 6.18. The van der Waals surface area contributed by atoms with E-state index in [4.69, 9.17) is 21.1 Å². The maximum atomic E-state index is 13.2. The first-order chi connectivity index (χ1) is 18.2. The van der Waals surface area contributed by atoms with E-state index in [2.05, 4.69) is 10.6 Å². The Morgan fingerprint density at radius 1 is 0.947 bits per heavy atom. The third-order valence-electron chi connectivity index (χ3n) is 6.25. The van der Waals surface area contributed by atoms with Gasteiger partial charge in [-0.05, 0) is 68.7 Å². The van der Waals surface area contributed by atoms with Crippen molar-refractivity contribution in [2.45, 2.75) is 6.92 Å². The number of nitrogens with one attached hydrogen (secondary N) is 2. The minimum absolute atomic E-state index is 0.0291. The summed E-state index contributed by atoms with van der Waals surface area (Å²) in [5.74, 6) is 0.837. The zero-order chi connectivity index (χ0) is 27.4. The summed E-state index contributed by atoms with van der Waals surface area (Å²) in [6.07, 6.45) is 0. The molecule has 0 unspecified atom stereocenters. The molecule has 1 aliphatic heterocycles. The molecular weight excluding hydrogens is 504 g/mol. The minimum Gasteiger partial charge on any atom is -0.493 e. The summed E-state index contributed by atoms with van der Waals surface area (Å²) in [5.41, 5.74) is 4.72. The summed E-state index contributed by atoms with van der Waals surface area (Å²) in [4.78, 5) is 29.3. The van der Waals surface area contributed by atoms with Crippen molar-refractivity contribution in [2.75, 3.05) is 56.9 Å². The van der Waals surface area contributed by atoms with Crippen molar-refractivity contribution in [2.24, 2.45) is 0 Å². The average Bonchev–Trinajstić information content (AvgIpc) is 3.21. The predicted octanol–water partition coefficient (Wildman–Crippen LogP) is 5.20. The average molecular weight is 535 g/mol. The van der Waals surface area contributed by atoms with Crippen LogP contribution in [0.2, 0.25) is 5.02 Å². The van der Waals surface area contributed by atoms with Crippen LogP contribution in [0.25, 0.3) is 11.3 Å². The number of hydrogen-bond donors (Lipinski definition) is 2. The zero-order valence-electron chi connectivity index (χ0n) is 22.1. The normalized spacial score (nSPS) is 13.6. The number of rotatable bonds is 9. The van der Waals surface area contributed by atoms with Crippen molar-refractivity contribution in [1.82, 2.24) is 4.90 Å². The fraction of sp³-hybridized carbons (Fsp3) is 0.241. The smallest absolute Gasteiger partial charge is 0.258 e. The second-order valence-corrected chi connectivity index (χ2v) is 9.55. The van der Waals surface area contributed by atoms with E-state index >= 15 is 0 Å². The van der Waals surface area contributed by atoms with Crippen LogP contribution in [0.1, 0.15) is 18.1 Å². The molecule has 198 valence electrons. The molecule has 9 heteroatoms. The number of hydrogen-bond acceptors (Lipinski definition) is 6. The van der Waals surface area contributed by atoms with Crippen LogP contribution in [0.15, 0.2) is 60.7 Å². The molecule has 0 radical (unpaired) electrons. The van der Waals surface area contributed by atoms with E-state index in [1.807, 2.05) is 61.5 Å². The van der Waals surface area contributed by atoms with Gasteiger partial charge in [0.2, 0.25) is 5.91 Å². The quantitative estimate of drug-likeness (QED) is 0.367. The molecule has 0 atom stereocenters. The molecule has 0 bridgehead atoms. The number of nitrogens with zero attached hydrogens (tertiary/aromatic N) is 2. The fourth-order valence-corrected chi connectivity index (χ4v) is 4.47. The number of anilines is 3. The fourth-order valence-electron chi connectivity index (χ4n) is 4.30. The summed E-state index contributed by atoms with van der Waals surface area (Å²) in [5, 5.41) is 6.88. The molecule has 2 N–H and O–H groups in total. The molecule has 0 spiro atoms. The Bertz CT molecular complexity index is 1390. The molecule has 3 aromatic carbocycles. The van der Waals surface area contributed by atoms with Crippen LogP contribution >= 0.6 is 11.6 Å². The molecule has 2 amide bonds. The first kappa shape index (κ1) is 27.0. The highest BCUT2D eigenvalue weighted by Gasteiger charge is 2.29. The van der Waals surface area contributed by atoms with Gasteiger partial charge in [-0.3, -0.25) is 9.59 Å². The van der Waals surface area contributed by atoms with E-state index in [9.17, 15) is 9.59 Å². The van der Waals surface area contributed by atoms with Gasteiger partial charge >= 0.3 is 0 Å². The van der Waals surface area contributed by atoms with Gasteiger partial charge in [-0.25, -0.2) is 0 Å². The molecule has 0 aliphatic carbocycles. The Hall–Kier alpha value is -4.01. The zero-order valence-corrected chi connectivity index (χ0v) is 22.8. The van der Waals surface area contributed by atoms with Crippen LogP contribution in [0.4, 0.5) is 17.1 Å². The molecule has 1 aliphatic rings. The standard InChI is InChI=1S/C29H31ClN4O4/c1-18(35)34(15-14-33(2)3)22-10-8-21(9-11-22)31-28(19-6-13-25(37-4)26(16-19)38-5)27-23-12-7-20(30)17-24(23)32-29(27)36/h6-13,16-17,31H,14-15H2,1-5H3,(H,32,36). The number of carbonyl (C=O) groups is 2. The topological polar surface area (TPSA) is 83.1 Å². The number of carbonyl (C=O) groups excluding carboxylic acids is 2. The van der Waals surface area contributed by atoms with Gasteiger partial charge in [0.15, 0.2) is 11.5 Å². The number of amides is 2. The van der Waals surface area contributed by atoms with Gasteiger partial charge in [0, 0.05) is 47.5 Å². The molecule has 4 rings (SSSR count). The van der Waals surface area contributed by atoms with Gasteiger partial charge in [-0.15, -0.1) is 0 Å². The number of methoxy groups -OCH3 is 2. The van der Waals surface area contributed by atoms with Crippen molar-refractivity contribution < 1.29 is 19.1 Å². The van der Waals surface area contributed by atoms with Gasteiger partial charge in [0.05, 0.1) is 31.2 Å². The molecule has 0 aromatic heterocycles. The Morgan fingerprint density at radius 3 is 2.29 bits per heavy atom. The van der Waals surface area contributed by atoms with Crippen LogP contribution in [0, 0.1) is 0 Å². The Morgan fingerprint density at radius 2 is 1.66 bits per heavy atom. The summed E-state index contributed by atoms with van der Waals surface area (Å²) in [7, 11) is 7.08. The lowest BCUT2D eigenvalue weighted by atomic mass is 9.99. The first-order valence-electron chi connectivity index (χ1n) is 12.1. The van der Waals surface area contributed by atoms with Crippen LogP contribution in [-0.4, -0.2) is 58.1 Å². The van der Waals surface area contributed by atoms with Crippen molar-refractivity contribution in [3.05, 3.63) is 76.8 Å². The van der Waals surface area contributed by atoms with Crippen LogP contribution in [0.5, 0.6) is 11.5 Å². The van der Waals surface area contributed by atoms with E-state index < -0.39 is 0 Å². The largest absolute Gasteiger partial charge is 0.493 e. The Kier molecular flexibility index (Phi) is 8.24. The second-order valence-electron chi connectivity index (χ2n) is 9.11. The second kappa shape index (κ2) is 11.6. The lowest BCUT2D eigenvalue weighted by molar-refractivity contribution is -0.116. The first-order valence-corrected chi connectivity index (χ1v) is 12.5. The maximum Gasteiger partial charge on any atom is 0.258 e. The van der Waals surface area contributed by atoms with Crippen molar-refractivity contribution in [3.63, 3.8) is 0 Å². The highest BCUT2D eigenvalue weighted by atomic mass is 35.5. The molecule has 0 fully saturated rings. The molecule has 3 aromatic rings. The number of benzene rings is 3. The molecular formula is C29H31ClN4O4. The monoisotopic (exact) mass is 534 g/mol. The van der Waals surface area contributed by atoms with Crippen molar-refractivity contribution in [3.8, 4) is 11.5 Å². The highest BCUT2D eigenvalue weighted by molar-refractivity contribution is 6.38. The van der Waals surface area contributed by atoms with Crippen molar-refractivity contribution in [1.29, 1.82) is 0 Å². The minimum atomic E-state index is -0.248. The predicted molar refractivity (Wildman–Crippen MR) is 153 cm³/mol.